The number of pyridine rings is 1. The number of para-hydroxylation sites is 1. The number of benzene rings is 1. The minimum atomic E-state index is -0.00202. The number of amides is 2. The molecule has 0 atom stereocenters. The van der Waals surface area contributed by atoms with Gasteiger partial charge in [-0.25, -0.2) is 9.78 Å². The third-order valence-corrected chi connectivity index (χ3v) is 4.74. The summed E-state index contributed by atoms with van der Waals surface area (Å²) in [5.74, 6) is 0.566. The highest BCUT2D eigenvalue weighted by Gasteiger charge is 2.18. The normalized spacial score (nSPS) is 15.8. The first kappa shape index (κ1) is 17.5. The summed E-state index contributed by atoms with van der Waals surface area (Å²) in [6.07, 6.45) is 1.02. The summed E-state index contributed by atoms with van der Waals surface area (Å²) in [7, 11) is 1.61. The summed E-state index contributed by atoms with van der Waals surface area (Å²) in [6.45, 7) is 7.26. The molecule has 1 aromatic carbocycles. The number of likely N-dealkylation sites (N-methyl/N-ethyl adjacent to an activating group) is 1. The van der Waals surface area contributed by atoms with Crippen molar-refractivity contribution in [1.82, 2.24) is 20.1 Å². The third kappa shape index (κ3) is 4.20. The van der Waals surface area contributed by atoms with Crippen molar-refractivity contribution in [3.8, 4) is 5.88 Å². The molecular weight excluding hydrogens is 316 g/mol. The van der Waals surface area contributed by atoms with Gasteiger partial charge < -0.3 is 19.9 Å². The lowest BCUT2D eigenvalue weighted by Crippen LogP contribution is -2.41. The summed E-state index contributed by atoms with van der Waals surface area (Å²) in [5, 5.41) is 4.10. The smallest absolute Gasteiger partial charge is 0.317 e. The van der Waals surface area contributed by atoms with E-state index in [1.807, 2.05) is 35.2 Å². The Morgan fingerprint density at radius 3 is 2.88 bits per heavy atom. The Morgan fingerprint density at radius 1 is 1.24 bits per heavy atom. The van der Waals surface area contributed by atoms with Crippen molar-refractivity contribution < 1.29 is 9.53 Å². The van der Waals surface area contributed by atoms with E-state index in [0.717, 1.165) is 55.6 Å². The molecule has 0 spiro atoms. The van der Waals surface area contributed by atoms with Gasteiger partial charge in [0.05, 0.1) is 12.6 Å². The Balaban J connectivity index is 1.68. The lowest BCUT2D eigenvalue weighted by molar-refractivity contribution is 0.198. The number of hydrogen-bond acceptors (Lipinski definition) is 4. The van der Waals surface area contributed by atoms with E-state index in [1.54, 1.807) is 7.11 Å². The monoisotopic (exact) mass is 342 g/mol. The van der Waals surface area contributed by atoms with Gasteiger partial charge in [0, 0.05) is 37.6 Å². The maximum atomic E-state index is 12.6. The molecule has 1 aliphatic heterocycles. The van der Waals surface area contributed by atoms with E-state index in [1.165, 1.54) is 0 Å². The first-order valence-corrected chi connectivity index (χ1v) is 8.89. The van der Waals surface area contributed by atoms with E-state index in [9.17, 15) is 4.79 Å². The average molecular weight is 342 g/mol. The number of carbonyl (C=O) groups is 1. The second kappa shape index (κ2) is 8.16. The topological polar surface area (TPSA) is 57.7 Å². The zero-order chi connectivity index (χ0) is 17.6. The summed E-state index contributed by atoms with van der Waals surface area (Å²) in [6, 6.07) is 9.80. The van der Waals surface area contributed by atoms with E-state index in [4.69, 9.17) is 4.74 Å². The van der Waals surface area contributed by atoms with Gasteiger partial charge in [-0.3, -0.25) is 0 Å². The molecule has 6 heteroatoms. The molecule has 2 amide bonds. The number of rotatable bonds is 4. The predicted octanol–water partition coefficient (Wildman–Crippen LogP) is 2.48. The summed E-state index contributed by atoms with van der Waals surface area (Å²) >= 11 is 0. The number of ether oxygens (including phenoxy) is 1. The molecule has 2 aromatic rings. The van der Waals surface area contributed by atoms with Gasteiger partial charge in [-0.05, 0) is 31.1 Å². The van der Waals surface area contributed by atoms with Crippen LogP contribution < -0.4 is 10.1 Å². The fraction of sp³-hybridized carbons (Fsp3) is 0.474. The number of hydrogen-bond donors (Lipinski definition) is 1. The van der Waals surface area contributed by atoms with Gasteiger partial charge in [0.2, 0.25) is 5.88 Å². The molecule has 6 nitrogen and oxygen atoms in total. The Labute approximate surface area is 148 Å². The molecule has 1 aromatic heterocycles. The molecule has 2 heterocycles. The minimum Gasteiger partial charge on any atom is -0.481 e. The van der Waals surface area contributed by atoms with E-state index in [2.05, 4.69) is 22.1 Å². The van der Waals surface area contributed by atoms with Crippen LogP contribution in [0.2, 0.25) is 0 Å². The first-order chi connectivity index (χ1) is 12.2. The maximum absolute atomic E-state index is 12.6. The number of carbonyl (C=O) groups excluding carboxylic acids is 1. The molecule has 0 aliphatic carbocycles. The second-order valence-electron chi connectivity index (χ2n) is 6.27. The van der Waals surface area contributed by atoms with Gasteiger partial charge in [0.25, 0.3) is 0 Å². The molecule has 1 fully saturated rings. The van der Waals surface area contributed by atoms with Crippen LogP contribution in [-0.2, 0) is 6.54 Å². The van der Waals surface area contributed by atoms with Crippen molar-refractivity contribution in [1.29, 1.82) is 0 Å². The number of methoxy groups -OCH3 is 1. The van der Waals surface area contributed by atoms with Crippen molar-refractivity contribution in [3.63, 3.8) is 0 Å². The fourth-order valence-electron chi connectivity index (χ4n) is 3.24. The SMILES string of the molecule is CCN1CCCN(C(=O)NCc2cc(OC)nc3ccccc23)CC1. The highest BCUT2D eigenvalue weighted by atomic mass is 16.5. The average Bonchev–Trinajstić information content (AvgIpc) is 2.91. The Morgan fingerprint density at radius 2 is 2.08 bits per heavy atom. The van der Waals surface area contributed by atoms with Crippen LogP contribution in [0.4, 0.5) is 4.79 Å². The minimum absolute atomic E-state index is 0.00202. The zero-order valence-corrected chi connectivity index (χ0v) is 15.0. The van der Waals surface area contributed by atoms with Gasteiger partial charge in [-0.2, -0.15) is 0 Å². The maximum Gasteiger partial charge on any atom is 0.317 e. The lowest BCUT2D eigenvalue weighted by atomic mass is 10.1. The fourth-order valence-corrected chi connectivity index (χ4v) is 3.24. The van der Waals surface area contributed by atoms with Crippen LogP contribution in [0.25, 0.3) is 10.9 Å². The molecule has 134 valence electrons. The third-order valence-electron chi connectivity index (χ3n) is 4.74. The lowest BCUT2D eigenvalue weighted by Gasteiger charge is -2.22. The molecule has 1 aliphatic rings. The molecule has 0 radical (unpaired) electrons. The van der Waals surface area contributed by atoms with Crippen molar-refractivity contribution in [2.24, 2.45) is 0 Å². The van der Waals surface area contributed by atoms with Crippen LogP contribution in [0.5, 0.6) is 5.88 Å². The van der Waals surface area contributed by atoms with E-state index in [-0.39, 0.29) is 6.03 Å². The summed E-state index contributed by atoms with van der Waals surface area (Å²) in [4.78, 5) is 21.3. The van der Waals surface area contributed by atoms with Gasteiger partial charge in [-0.1, -0.05) is 25.1 Å². The summed E-state index contributed by atoms with van der Waals surface area (Å²) in [5.41, 5.74) is 1.89. The number of fused-ring (bicyclic) bond motifs is 1. The van der Waals surface area contributed by atoms with E-state index < -0.39 is 0 Å². The number of urea groups is 1. The van der Waals surface area contributed by atoms with Gasteiger partial charge >= 0.3 is 6.03 Å². The molecule has 1 N–H and O–H groups in total. The molecule has 25 heavy (non-hydrogen) atoms. The molecule has 0 bridgehead atoms. The van der Waals surface area contributed by atoms with Gasteiger partial charge in [-0.15, -0.1) is 0 Å². The molecular formula is C19H26N4O2. The quantitative estimate of drug-likeness (QED) is 0.927. The highest BCUT2D eigenvalue weighted by Crippen LogP contribution is 2.21. The molecule has 1 saturated heterocycles. The first-order valence-electron chi connectivity index (χ1n) is 8.89. The van der Waals surface area contributed by atoms with Crippen LogP contribution in [0, 0.1) is 0 Å². The van der Waals surface area contributed by atoms with Crippen LogP contribution in [0.3, 0.4) is 0 Å². The number of aromatic nitrogens is 1. The van der Waals surface area contributed by atoms with Crippen molar-refractivity contribution in [2.75, 3.05) is 39.8 Å². The Hall–Kier alpha value is -2.34. The van der Waals surface area contributed by atoms with Gasteiger partial charge in [0.15, 0.2) is 0 Å². The van der Waals surface area contributed by atoms with Crippen molar-refractivity contribution in [2.45, 2.75) is 19.9 Å². The Bertz CT molecular complexity index is 734. The zero-order valence-electron chi connectivity index (χ0n) is 15.0. The second-order valence-corrected chi connectivity index (χ2v) is 6.27. The van der Waals surface area contributed by atoms with Crippen LogP contribution >= 0.6 is 0 Å². The number of nitrogens with one attached hydrogen (secondary N) is 1. The summed E-state index contributed by atoms with van der Waals surface area (Å²) < 4.78 is 5.29. The molecule has 0 unspecified atom stereocenters. The van der Waals surface area contributed by atoms with Crippen molar-refractivity contribution >= 4 is 16.9 Å². The molecule has 0 saturated carbocycles. The van der Waals surface area contributed by atoms with E-state index in [0.29, 0.717) is 12.4 Å². The standard InChI is InChI=1S/C19H26N4O2/c1-3-22-9-6-10-23(12-11-22)19(24)20-14-15-13-18(25-2)21-17-8-5-4-7-16(15)17/h4-5,7-8,13H,3,6,9-12,14H2,1-2H3,(H,20,24). The Kier molecular flexibility index (Phi) is 5.71. The van der Waals surface area contributed by atoms with E-state index >= 15 is 0 Å². The van der Waals surface area contributed by atoms with Crippen LogP contribution in [0.1, 0.15) is 18.9 Å². The number of nitrogens with zero attached hydrogens (tertiary/aromatic N) is 3. The van der Waals surface area contributed by atoms with Crippen molar-refractivity contribution in [3.05, 3.63) is 35.9 Å². The largest absolute Gasteiger partial charge is 0.481 e. The van der Waals surface area contributed by atoms with Crippen LogP contribution in [0.15, 0.2) is 30.3 Å². The highest BCUT2D eigenvalue weighted by molar-refractivity contribution is 5.83. The predicted molar refractivity (Wildman–Crippen MR) is 98.8 cm³/mol. The van der Waals surface area contributed by atoms with Gasteiger partial charge in [0.1, 0.15) is 0 Å². The molecule has 3 rings (SSSR count). The van der Waals surface area contributed by atoms with Crippen LogP contribution in [-0.4, -0.2) is 60.6 Å².